The summed E-state index contributed by atoms with van der Waals surface area (Å²) in [4.78, 5) is 35.3. The molecule has 1 saturated carbocycles. The highest BCUT2D eigenvalue weighted by molar-refractivity contribution is 5.95. The third-order valence-electron chi connectivity index (χ3n) is 4.88. The van der Waals surface area contributed by atoms with E-state index in [-0.39, 0.29) is 12.6 Å². The van der Waals surface area contributed by atoms with Gasteiger partial charge in [-0.25, -0.2) is 9.59 Å². The lowest BCUT2D eigenvalue weighted by Gasteiger charge is -2.22. The van der Waals surface area contributed by atoms with Gasteiger partial charge in [0.05, 0.1) is 0 Å². The van der Waals surface area contributed by atoms with E-state index < -0.39 is 24.5 Å². The molecule has 0 bridgehead atoms. The quantitative estimate of drug-likeness (QED) is 0.682. The van der Waals surface area contributed by atoms with Gasteiger partial charge in [-0.05, 0) is 36.1 Å². The fourth-order valence-electron chi connectivity index (χ4n) is 3.34. The van der Waals surface area contributed by atoms with Crippen molar-refractivity contribution in [2.24, 2.45) is 0 Å². The maximum atomic E-state index is 11.8. The summed E-state index contributed by atoms with van der Waals surface area (Å²) in [6, 6.07) is 16.8. The zero-order chi connectivity index (χ0) is 21.2. The fourth-order valence-corrected chi connectivity index (χ4v) is 3.34. The summed E-state index contributed by atoms with van der Waals surface area (Å²) in [6.45, 7) is -0.862. The lowest BCUT2D eigenvalue weighted by atomic mass is 9.96. The van der Waals surface area contributed by atoms with Crippen molar-refractivity contribution in [3.63, 3.8) is 0 Å². The van der Waals surface area contributed by atoms with Gasteiger partial charge in [-0.1, -0.05) is 61.7 Å². The molecule has 3 rings (SSSR count). The van der Waals surface area contributed by atoms with Crippen LogP contribution in [0.5, 0.6) is 5.75 Å². The van der Waals surface area contributed by atoms with E-state index in [1.165, 1.54) is 6.42 Å². The molecule has 3 amide bonds. The van der Waals surface area contributed by atoms with E-state index in [4.69, 9.17) is 9.47 Å². The molecule has 158 valence electrons. The van der Waals surface area contributed by atoms with E-state index in [0.29, 0.717) is 5.75 Å². The number of esters is 1. The first-order valence-electron chi connectivity index (χ1n) is 10.1. The van der Waals surface area contributed by atoms with Crippen molar-refractivity contribution in [2.75, 3.05) is 13.2 Å². The van der Waals surface area contributed by atoms with E-state index in [2.05, 4.69) is 10.6 Å². The molecule has 1 fully saturated rings. The number of hydrogen-bond donors (Lipinski definition) is 2. The van der Waals surface area contributed by atoms with Crippen LogP contribution in [0.1, 0.15) is 32.1 Å². The van der Waals surface area contributed by atoms with Gasteiger partial charge < -0.3 is 14.8 Å². The Balaban J connectivity index is 1.34. The van der Waals surface area contributed by atoms with Crippen LogP contribution in [0.4, 0.5) is 4.79 Å². The first-order valence-corrected chi connectivity index (χ1v) is 10.1. The Morgan fingerprint density at radius 1 is 0.833 bits per heavy atom. The molecule has 0 spiro atoms. The predicted octanol–water partition coefficient (Wildman–Crippen LogP) is 3.43. The maximum absolute atomic E-state index is 11.8. The molecule has 0 aliphatic heterocycles. The Hall–Kier alpha value is -3.35. The van der Waals surface area contributed by atoms with E-state index in [1.54, 1.807) is 12.1 Å². The van der Waals surface area contributed by atoms with Gasteiger partial charge in [-0.3, -0.25) is 10.1 Å². The molecule has 2 aromatic carbocycles. The number of benzene rings is 2. The van der Waals surface area contributed by atoms with Crippen LogP contribution in [0.3, 0.4) is 0 Å². The summed E-state index contributed by atoms with van der Waals surface area (Å²) in [5.41, 5.74) is 2.12. The van der Waals surface area contributed by atoms with Gasteiger partial charge in [0, 0.05) is 6.04 Å². The summed E-state index contributed by atoms with van der Waals surface area (Å²) in [7, 11) is 0. The van der Waals surface area contributed by atoms with Crippen LogP contribution in [-0.2, 0) is 14.3 Å². The number of carbonyl (C=O) groups is 3. The van der Waals surface area contributed by atoms with Crippen molar-refractivity contribution in [3.8, 4) is 16.9 Å². The minimum Gasteiger partial charge on any atom is -0.482 e. The van der Waals surface area contributed by atoms with Gasteiger partial charge in [0.1, 0.15) is 5.75 Å². The standard InChI is InChI=1S/C23H26N2O5/c26-21(25-23(28)24-19-9-5-2-6-10-19)15-30-22(27)16-29-20-13-11-18(12-14-20)17-7-3-1-4-8-17/h1,3-4,7-8,11-14,19H,2,5-6,9-10,15-16H2,(H2,24,25,26,28). The molecule has 0 unspecified atom stereocenters. The number of carbonyl (C=O) groups excluding carboxylic acids is 3. The summed E-state index contributed by atoms with van der Waals surface area (Å²) < 4.78 is 10.2. The van der Waals surface area contributed by atoms with Crippen molar-refractivity contribution >= 4 is 17.9 Å². The van der Waals surface area contributed by atoms with E-state index in [9.17, 15) is 14.4 Å². The highest BCUT2D eigenvalue weighted by Gasteiger charge is 2.17. The zero-order valence-electron chi connectivity index (χ0n) is 16.8. The lowest BCUT2D eigenvalue weighted by Crippen LogP contribution is -2.46. The third-order valence-corrected chi connectivity index (χ3v) is 4.88. The number of imide groups is 1. The van der Waals surface area contributed by atoms with Crippen LogP contribution in [0.2, 0.25) is 0 Å². The van der Waals surface area contributed by atoms with Crippen molar-refractivity contribution in [1.29, 1.82) is 0 Å². The SMILES string of the molecule is O=C(COC(=O)COc1ccc(-c2ccccc2)cc1)NC(=O)NC1CCCCC1. The molecular formula is C23H26N2O5. The Kier molecular flexibility index (Phi) is 7.83. The predicted molar refractivity (Wildman–Crippen MR) is 112 cm³/mol. The maximum Gasteiger partial charge on any atom is 0.344 e. The average molecular weight is 410 g/mol. The second kappa shape index (κ2) is 11.0. The molecule has 1 aliphatic carbocycles. The number of nitrogens with one attached hydrogen (secondary N) is 2. The van der Waals surface area contributed by atoms with Crippen molar-refractivity contribution in [3.05, 3.63) is 54.6 Å². The Morgan fingerprint density at radius 2 is 1.50 bits per heavy atom. The number of amides is 3. The van der Waals surface area contributed by atoms with Gasteiger partial charge in [0.2, 0.25) is 0 Å². The Morgan fingerprint density at radius 3 is 2.20 bits per heavy atom. The lowest BCUT2D eigenvalue weighted by molar-refractivity contribution is -0.150. The van der Waals surface area contributed by atoms with E-state index >= 15 is 0 Å². The second-order valence-corrected chi connectivity index (χ2v) is 7.20. The molecule has 0 radical (unpaired) electrons. The van der Waals surface area contributed by atoms with Crippen molar-refractivity contribution in [1.82, 2.24) is 10.6 Å². The molecule has 7 heteroatoms. The first kappa shape index (κ1) is 21.4. The average Bonchev–Trinajstić information content (AvgIpc) is 2.78. The fraction of sp³-hybridized carbons (Fsp3) is 0.348. The summed E-state index contributed by atoms with van der Waals surface area (Å²) >= 11 is 0. The largest absolute Gasteiger partial charge is 0.482 e. The zero-order valence-corrected chi connectivity index (χ0v) is 16.8. The first-order chi connectivity index (χ1) is 14.6. The van der Waals surface area contributed by atoms with Gasteiger partial charge in [0.25, 0.3) is 5.91 Å². The normalized spacial score (nSPS) is 13.9. The Labute approximate surface area is 175 Å². The number of ether oxygens (including phenoxy) is 2. The smallest absolute Gasteiger partial charge is 0.344 e. The van der Waals surface area contributed by atoms with Crippen LogP contribution in [0.25, 0.3) is 11.1 Å². The molecule has 0 heterocycles. The van der Waals surface area contributed by atoms with Gasteiger partial charge in [-0.2, -0.15) is 0 Å². The molecular weight excluding hydrogens is 384 g/mol. The van der Waals surface area contributed by atoms with E-state index in [1.807, 2.05) is 42.5 Å². The molecule has 0 aromatic heterocycles. The van der Waals surface area contributed by atoms with Crippen molar-refractivity contribution in [2.45, 2.75) is 38.1 Å². The molecule has 0 saturated heterocycles. The molecule has 1 aliphatic rings. The van der Waals surface area contributed by atoms with Crippen LogP contribution in [-0.4, -0.2) is 37.2 Å². The highest BCUT2D eigenvalue weighted by Crippen LogP contribution is 2.22. The van der Waals surface area contributed by atoms with Crippen LogP contribution in [0.15, 0.2) is 54.6 Å². The topological polar surface area (TPSA) is 93.7 Å². The molecule has 0 atom stereocenters. The van der Waals surface area contributed by atoms with Gasteiger partial charge in [0.15, 0.2) is 13.2 Å². The highest BCUT2D eigenvalue weighted by atomic mass is 16.6. The summed E-state index contributed by atoms with van der Waals surface area (Å²) in [6.07, 6.45) is 5.16. The van der Waals surface area contributed by atoms with Crippen LogP contribution >= 0.6 is 0 Å². The second-order valence-electron chi connectivity index (χ2n) is 7.20. The number of hydrogen-bond acceptors (Lipinski definition) is 5. The Bertz CT molecular complexity index is 846. The van der Waals surface area contributed by atoms with Crippen molar-refractivity contribution < 1.29 is 23.9 Å². The monoisotopic (exact) mass is 410 g/mol. The van der Waals surface area contributed by atoms with Crippen LogP contribution in [0, 0.1) is 0 Å². The van der Waals surface area contributed by atoms with Gasteiger partial charge >= 0.3 is 12.0 Å². The molecule has 2 aromatic rings. The number of urea groups is 1. The minimum absolute atomic E-state index is 0.0933. The number of rotatable bonds is 7. The molecule has 7 nitrogen and oxygen atoms in total. The molecule has 30 heavy (non-hydrogen) atoms. The molecule has 2 N–H and O–H groups in total. The minimum atomic E-state index is -0.690. The van der Waals surface area contributed by atoms with Crippen LogP contribution < -0.4 is 15.4 Å². The summed E-state index contributed by atoms with van der Waals surface area (Å²) in [5.74, 6) is -0.850. The third kappa shape index (κ3) is 6.92. The van der Waals surface area contributed by atoms with Gasteiger partial charge in [-0.15, -0.1) is 0 Å². The summed E-state index contributed by atoms with van der Waals surface area (Å²) in [5, 5.41) is 4.94. The van der Waals surface area contributed by atoms with E-state index in [0.717, 1.165) is 36.8 Å².